The van der Waals surface area contributed by atoms with Gasteiger partial charge in [0.2, 0.25) is 0 Å². The number of halogens is 4. The van der Waals surface area contributed by atoms with E-state index in [2.05, 4.69) is 4.98 Å². The molecule has 0 radical (unpaired) electrons. The van der Waals surface area contributed by atoms with Gasteiger partial charge in [-0.3, -0.25) is 4.79 Å². The summed E-state index contributed by atoms with van der Waals surface area (Å²) in [6.45, 7) is 0. The van der Waals surface area contributed by atoms with Crippen LogP contribution in [0.3, 0.4) is 0 Å². The Bertz CT molecular complexity index is 692. The number of carboxylic acid groups (broad SMARTS) is 1. The maximum absolute atomic E-state index is 13.8. The number of aliphatic carboxylic acids is 1. The molecule has 0 spiro atoms. The highest BCUT2D eigenvalue weighted by atomic mass is 35.5. The Hall–Kier alpha value is -1.72. The topological polar surface area (TPSA) is 50.2 Å². The van der Waals surface area contributed by atoms with Gasteiger partial charge in [0.25, 0.3) is 0 Å². The Kier molecular flexibility index (Phi) is 4.20. The summed E-state index contributed by atoms with van der Waals surface area (Å²) in [7, 11) is 0. The normalized spacial score (nSPS) is 10.6. The van der Waals surface area contributed by atoms with E-state index in [1.54, 1.807) is 0 Å². The number of carboxylic acids is 1. The van der Waals surface area contributed by atoms with Crippen molar-refractivity contribution >= 4 is 29.2 Å². The van der Waals surface area contributed by atoms with E-state index in [0.717, 1.165) is 0 Å². The van der Waals surface area contributed by atoms with Gasteiger partial charge in [-0.2, -0.15) is 0 Å². The number of carbonyl (C=O) groups is 1. The summed E-state index contributed by atoms with van der Waals surface area (Å²) >= 11 is 11.8. The molecule has 0 unspecified atom stereocenters. The fraction of sp³-hybridized carbons (Fsp3) is 0.0769. The number of hydrogen-bond acceptors (Lipinski definition) is 2. The SMILES string of the molecule is O=C(O)Cc1nc(-c2cccc(Cl)c2Cl)c(F)cc1F. The summed E-state index contributed by atoms with van der Waals surface area (Å²) in [6.07, 6.45) is -0.655. The average molecular weight is 318 g/mol. The zero-order valence-electron chi connectivity index (χ0n) is 9.83. The first kappa shape index (κ1) is 14.7. The lowest BCUT2D eigenvalue weighted by Crippen LogP contribution is -2.07. The number of benzene rings is 1. The monoisotopic (exact) mass is 317 g/mol. The molecular weight excluding hydrogens is 311 g/mol. The number of hydrogen-bond donors (Lipinski definition) is 1. The highest BCUT2D eigenvalue weighted by Gasteiger charge is 2.18. The fourth-order valence-corrected chi connectivity index (χ4v) is 2.04. The zero-order valence-corrected chi connectivity index (χ0v) is 11.3. The maximum Gasteiger partial charge on any atom is 0.309 e. The predicted molar refractivity (Wildman–Crippen MR) is 70.9 cm³/mol. The van der Waals surface area contributed by atoms with Crippen molar-refractivity contribution in [3.05, 3.63) is 51.6 Å². The Balaban J connectivity index is 2.62. The van der Waals surface area contributed by atoms with Crippen LogP contribution in [0.15, 0.2) is 24.3 Å². The van der Waals surface area contributed by atoms with Crippen LogP contribution in [0, 0.1) is 11.6 Å². The van der Waals surface area contributed by atoms with Crippen molar-refractivity contribution in [1.29, 1.82) is 0 Å². The van der Waals surface area contributed by atoms with Crippen LogP contribution in [0.2, 0.25) is 10.0 Å². The zero-order chi connectivity index (χ0) is 14.9. The molecule has 1 aromatic carbocycles. The Morgan fingerprint density at radius 3 is 2.60 bits per heavy atom. The first-order valence-electron chi connectivity index (χ1n) is 5.41. The van der Waals surface area contributed by atoms with Crippen molar-refractivity contribution in [3.8, 4) is 11.3 Å². The average Bonchev–Trinajstić information content (AvgIpc) is 2.36. The standard InChI is InChI=1S/C13H7Cl2F2NO2/c14-7-3-1-2-6(12(7)15)13-9(17)4-8(16)10(18-13)5-11(19)20/h1-4H,5H2,(H,19,20). The fourth-order valence-electron chi connectivity index (χ4n) is 1.65. The van der Waals surface area contributed by atoms with Gasteiger partial charge in [0, 0.05) is 11.6 Å². The van der Waals surface area contributed by atoms with E-state index in [1.165, 1.54) is 18.2 Å². The Labute approximate surface area is 122 Å². The van der Waals surface area contributed by atoms with Crippen molar-refractivity contribution in [3.63, 3.8) is 0 Å². The Morgan fingerprint density at radius 2 is 1.95 bits per heavy atom. The molecule has 1 heterocycles. The molecule has 0 amide bonds. The molecule has 1 aromatic heterocycles. The number of aromatic nitrogens is 1. The van der Waals surface area contributed by atoms with E-state index in [4.69, 9.17) is 28.3 Å². The second kappa shape index (κ2) is 5.73. The summed E-state index contributed by atoms with van der Waals surface area (Å²) in [5.74, 6) is -3.24. The van der Waals surface area contributed by atoms with Gasteiger partial charge < -0.3 is 5.11 Å². The van der Waals surface area contributed by atoms with E-state index < -0.39 is 24.0 Å². The molecule has 0 aliphatic carbocycles. The molecule has 0 aliphatic heterocycles. The highest BCUT2D eigenvalue weighted by Crippen LogP contribution is 2.34. The minimum absolute atomic E-state index is 0.0634. The first-order chi connectivity index (χ1) is 9.40. The highest BCUT2D eigenvalue weighted by molar-refractivity contribution is 6.43. The van der Waals surface area contributed by atoms with Gasteiger partial charge in [-0.25, -0.2) is 13.8 Å². The van der Waals surface area contributed by atoms with Crippen LogP contribution in [0.4, 0.5) is 8.78 Å². The second-order valence-corrected chi connectivity index (χ2v) is 4.70. The molecule has 1 N–H and O–H groups in total. The second-order valence-electron chi connectivity index (χ2n) is 3.92. The lowest BCUT2D eigenvalue weighted by molar-refractivity contribution is -0.136. The van der Waals surface area contributed by atoms with E-state index in [-0.39, 0.29) is 27.0 Å². The molecule has 20 heavy (non-hydrogen) atoms. The van der Waals surface area contributed by atoms with Gasteiger partial charge in [-0.1, -0.05) is 35.3 Å². The van der Waals surface area contributed by atoms with Crippen molar-refractivity contribution in [2.24, 2.45) is 0 Å². The minimum atomic E-state index is -1.27. The first-order valence-corrected chi connectivity index (χ1v) is 6.17. The molecule has 3 nitrogen and oxygen atoms in total. The van der Waals surface area contributed by atoms with Gasteiger partial charge in [-0.15, -0.1) is 0 Å². The van der Waals surface area contributed by atoms with E-state index in [9.17, 15) is 13.6 Å². The molecule has 7 heteroatoms. The van der Waals surface area contributed by atoms with E-state index >= 15 is 0 Å². The summed E-state index contributed by atoms with van der Waals surface area (Å²) in [4.78, 5) is 14.3. The smallest absolute Gasteiger partial charge is 0.309 e. The molecule has 2 aromatic rings. The van der Waals surface area contributed by atoms with Crippen LogP contribution in [-0.4, -0.2) is 16.1 Å². The third kappa shape index (κ3) is 2.89. The third-order valence-electron chi connectivity index (χ3n) is 2.53. The third-order valence-corrected chi connectivity index (χ3v) is 3.35. The minimum Gasteiger partial charge on any atom is -0.481 e. The number of nitrogens with zero attached hydrogens (tertiary/aromatic N) is 1. The lowest BCUT2D eigenvalue weighted by Gasteiger charge is -2.09. The molecule has 0 saturated carbocycles. The van der Waals surface area contributed by atoms with Gasteiger partial charge in [0.15, 0.2) is 5.82 Å². The predicted octanol–water partition coefficient (Wildman–Crippen LogP) is 3.96. The van der Waals surface area contributed by atoms with Gasteiger partial charge in [0.1, 0.15) is 11.5 Å². The molecule has 0 bridgehead atoms. The largest absolute Gasteiger partial charge is 0.481 e. The van der Waals surface area contributed by atoms with Crippen LogP contribution in [0.25, 0.3) is 11.3 Å². The van der Waals surface area contributed by atoms with Crippen LogP contribution >= 0.6 is 23.2 Å². The van der Waals surface area contributed by atoms with Crippen LogP contribution in [0.1, 0.15) is 5.69 Å². The molecule has 104 valence electrons. The lowest BCUT2D eigenvalue weighted by atomic mass is 10.1. The van der Waals surface area contributed by atoms with Gasteiger partial charge in [-0.05, 0) is 6.07 Å². The molecule has 2 rings (SSSR count). The van der Waals surface area contributed by atoms with Crippen molar-refractivity contribution < 1.29 is 18.7 Å². The van der Waals surface area contributed by atoms with Crippen LogP contribution in [0.5, 0.6) is 0 Å². The molecule has 0 saturated heterocycles. The van der Waals surface area contributed by atoms with E-state index in [0.29, 0.717) is 6.07 Å². The van der Waals surface area contributed by atoms with Crippen LogP contribution < -0.4 is 0 Å². The van der Waals surface area contributed by atoms with Crippen molar-refractivity contribution in [2.75, 3.05) is 0 Å². The summed E-state index contributed by atoms with van der Waals surface area (Å²) < 4.78 is 27.3. The number of rotatable bonds is 3. The van der Waals surface area contributed by atoms with Crippen LogP contribution in [-0.2, 0) is 11.2 Å². The molecule has 0 atom stereocenters. The number of pyridine rings is 1. The van der Waals surface area contributed by atoms with Crippen molar-refractivity contribution in [2.45, 2.75) is 6.42 Å². The van der Waals surface area contributed by atoms with Gasteiger partial charge in [0.05, 0.1) is 22.2 Å². The summed E-state index contributed by atoms with van der Waals surface area (Å²) in [5, 5.41) is 8.93. The summed E-state index contributed by atoms with van der Waals surface area (Å²) in [6, 6.07) is 5.08. The quantitative estimate of drug-likeness (QED) is 0.932. The summed E-state index contributed by atoms with van der Waals surface area (Å²) in [5.41, 5.74) is -0.441. The maximum atomic E-state index is 13.8. The molecule has 0 fully saturated rings. The molecular formula is C13H7Cl2F2NO2. The Morgan fingerprint density at radius 1 is 1.25 bits per heavy atom. The molecule has 0 aliphatic rings. The van der Waals surface area contributed by atoms with Crippen molar-refractivity contribution in [1.82, 2.24) is 4.98 Å². The van der Waals surface area contributed by atoms with Gasteiger partial charge >= 0.3 is 5.97 Å². The van der Waals surface area contributed by atoms with E-state index in [1.807, 2.05) is 0 Å².